The number of rotatable bonds is 4. The third-order valence-electron chi connectivity index (χ3n) is 5.21. The van der Waals surface area contributed by atoms with Gasteiger partial charge in [0.25, 0.3) is 0 Å². The topological polar surface area (TPSA) is 83.8 Å². The summed E-state index contributed by atoms with van der Waals surface area (Å²) in [4.78, 5) is 20.4. The summed E-state index contributed by atoms with van der Waals surface area (Å²) in [6.45, 7) is 3.64. The van der Waals surface area contributed by atoms with Crippen LogP contribution in [0, 0.1) is 19.7 Å². The van der Waals surface area contributed by atoms with Crippen molar-refractivity contribution < 1.29 is 13.7 Å². The molecule has 0 atom stereocenters. The second-order valence-electron chi connectivity index (χ2n) is 7.07. The largest absolute Gasteiger partial charge is 0.358 e. The van der Waals surface area contributed by atoms with Crippen LogP contribution in [0.1, 0.15) is 48.7 Å². The number of aromatic nitrogens is 3. The lowest BCUT2D eigenvalue weighted by Gasteiger charge is -2.26. The SMILES string of the molecule is Cc1nc(C2(NC(=O)Cc3c(C)[nH]c4ccc(F)cc34)CCCC2)no1. The lowest BCUT2D eigenvalue weighted by molar-refractivity contribution is -0.122. The third kappa shape index (κ3) is 2.87. The van der Waals surface area contributed by atoms with Gasteiger partial charge in [0.15, 0.2) is 5.82 Å². The molecule has 1 saturated carbocycles. The summed E-state index contributed by atoms with van der Waals surface area (Å²) in [7, 11) is 0. The fourth-order valence-corrected chi connectivity index (χ4v) is 3.93. The average Bonchev–Trinajstić information content (AvgIpc) is 3.30. The van der Waals surface area contributed by atoms with Crippen molar-refractivity contribution in [3.05, 3.63) is 47.0 Å². The van der Waals surface area contributed by atoms with Crippen LogP contribution in [0.4, 0.5) is 4.39 Å². The molecule has 0 bridgehead atoms. The Balaban J connectivity index is 1.60. The Kier molecular flexibility index (Phi) is 4.01. The zero-order chi connectivity index (χ0) is 18.3. The van der Waals surface area contributed by atoms with E-state index in [4.69, 9.17) is 4.52 Å². The highest BCUT2D eigenvalue weighted by Crippen LogP contribution is 2.37. The van der Waals surface area contributed by atoms with E-state index in [1.807, 2.05) is 6.92 Å². The summed E-state index contributed by atoms with van der Waals surface area (Å²) >= 11 is 0. The number of benzene rings is 1. The molecule has 1 fully saturated rings. The van der Waals surface area contributed by atoms with E-state index in [9.17, 15) is 9.18 Å². The second kappa shape index (κ2) is 6.23. The lowest BCUT2D eigenvalue weighted by Crippen LogP contribution is -2.45. The van der Waals surface area contributed by atoms with Crippen LogP contribution in [0.25, 0.3) is 10.9 Å². The molecule has 26 heavy (non-hydrogen) atoms. The maximum absolute atomic E-state index is 13.6. The number of aryl methyl sites for hydroxylation is 2. The summed E-state index contributed by atoms with van der Waals surface area (Å²) in [5.41, 5.74) is 1.95. The van der Waals surface area contributed by atoms with E-state index in [-0.39, 0.29) is 18.1 Å². The number of amides is 1. The van der Waals surface area contributed by atoms with E-state index < -0.39 is 5.54 Å². The van der Waals surface area contributed by atoms with Gasteiger partial charge in [-0.25, -0.2) is 4.39 Å². The number of hydrogen-bond acceptors (Lipinski definition) is 4. The zero-order valence-electron chi connectivity index (χ0n) is 14.9. The van der Waals surface area contributed by atoms with Gasteiger partial charge < -0.3 is 14.8 Å². The van der Waals surface area contributed by atoms with Gasteiger partial charge in [-0.3, -0.25) is 4.79 Å². The molecule has 6 nitrogen and oxygen atoms in total. The predicted octanol–water partition coefficient (Wildman–Crippen LogP) is 3.44. The van der Waals surface area contributed by atoms with Gasteiger partial charge in [0.2, 0.25) is 11.8 Å². The maximum Gasteiger partial charge on any atom is 0.225 e. The van der Waals surface area contributed by atoms with Gasteiger partial charge in [0.05, 0.1) is 6.42 Å². The Morgan fingerprint density at radius 1 is 1.35 bits per heavy atom. The molecule has 0 saturated heterocycles. The number of fused-ring (bicyclic) bond motifs is 1. The normalized spacial score (nSPS) is 16.3. The molecule has 1 amide bonds. The number of nitrogens with one attached hydrogen (secondary N) is 2. The van der Waals surface area contributed by atoms with E-state index in [2.05, 4.69) is 20.4 Å². The minimum absolute atomic E-state index is 0.123. The van der Waals surface area contributed by atoms with E-state index >= 15 is 0 Å². The van der Waals surface area contributed by atoms with E-state index in [1.54, 1.807) is 13.0 Å². The number of nitrogens with zero attached hydrogens (tertiary/aromatic N) is 2. The van der Waals surface area contributed by atoms with E-state index in [0.29, 0.717) is 11.7 Å². The van der Waals surface area contributed by atoms with E-state index in [1.165, 1.54) is 12.1 Å². The average molecular weight is 356 g/mol. The molecule has 2 N–H and O–H groups in total. The molecule has 0 radical (unpaired) electrons. The highest BCUT2D eigenvalue weighted by atomic mass is 19.1. The predicted molar refractivity (Wildman–Crippen MR) is 94.0 cm³/mol. The number of H-pyrrole nitrogens is 1. The molecule has 4 rings (SSSR count). The molecule has 3 aromatic rings. The Hall–Kier alpha value is -2.70. The molecular formula is C19H21FN4O2. The van der Waals surface area contributed by atoms with Crippen molar-refractivity contribution in [2.75, 3.05) is 0 Å². The van der Waals surface area contributed by atoms with Gasteiger partial charge in [-0.2, -0.15) is 4.98 Å². The van der Waals surface area contributed by atoms with Crippen LogP contribution in [0.2, 0.25) is 0 Å². The smallest absolute Gasteiger partial charge is 0.225 e. The molecule has 0 unspecified atom stereocenters. The minimum atomic E-state index is -0.569. The number of carbonyl (C=O) groups is 1. The monoisotopic (exact) mass is 356 g/mol. The first kappa shape index (κ1) is 16.8. The summed E-state index contributed by atoms with van der Waals surface area (Å²) in [5, 5.41) is 7.92. The minimum Gasteiger partial charge on any atom is -0.358 e. The van der Waals surface area contributed by atoms with Crippen LogP contribution < -0.4 is 5.32 Å². The Morgan fingerprint density at radius 2 is 2.12 bits per heavy atom. The van der Waals surface area contributed by atoms with Crippen molar-refractivity contribution in [2.24, 2.45) is 0 Å². The zero-order valence-corrected chi connectivity index (χ0v) is 14.9. The highest BCUT2D eigenvalue weighted by molar-refractivity contribution is 5.90. The van der Waals surface area contributed by atoms with Gasteiger partial charge >= 0.3 is 0 Å². The molecule has 0 spiro atoms. The Morgan fingerprint density at radius 3 is 2.81 bits per heavy atom. The summed E-state index contributed by atoms with van der Waals surface area (Å²) in [6, 6.07) is 4.57. The van der Waals surface area contributed by atoms with Crippen molar-refractivity contribution in [1.82, 2.24) is 20.4 Å². The standard InChI is InChI=1S/C19H21FN4O2/c1-11-14(15-9-13(20)5-6-16(15)21-11)10-17(25)23-19(7-3-4-8-19)18-22-12(2)26-24-18/h5-6,9,21H,3-4,7-8,10H2,1-2H3,(H,23,25). The van der Waals surface area contributed by atoms with E-state index in [0.717, 1.165) is 47.8 Å². The highest BCUT2D eigenvalue weighted by Gasteiger charge is 2.41. The van der Waals surface area contributed by atoms with Crippen LogP contribution in [0.15, 0.2) is 22.7 Å². The first-order chi connectivity index (χ1) is 12.5. The fourth-order valence-electron chi connectivity index (χ4n) is 3.93. The van der Waals surface area contributed by atoms with Gasteiger partial charge in [0, 0.05) is 23.5 Å². The van der Waals surface area contributed by atoms with Crippen LogP contribution in [0.3, 0.4) is 0 Å². The Bertz CT molecular complexity index is 969. The molecule has 1 aliphatic rings. The van der Waals surface area contributed by atoms with Gasteiger partial charge in [-0.15, -0.1) is 0 Å². The van der Waals surface area contributed by atoms with Gasteiger partial charge in [0.1, 0.15) is 11.4 Å². The van der Waals surface area contributed by atoms with Gasteiger partial charge in [-0.05, 0) is 43.5 Å². The molecule has 1 aromatic carbocycles. The molecular weight excluding hydrogens is 335 g/mol. The Labute approximate surface area is 150 Å². The van der Waals surface area contributed by atoms with Crippen molar-refractivity contribution in [1.29, 1.82) is 0 Å². The van der Waals surface area contributed by atoms with Crippen molar-refractivity contribution in [2.45, 2.75) is 51.5 Å². The summed E-state index contributed by atoms with van der Waals surface area (Å²) in [5.74, 6) is 0.598. The number of carbonyl (C=O) groups excluding carboxylic acids is 1. The second-order valence-corrected chi connectivity index (χ2v) is 7.07. The third-order valence-corrected chi connectivity index (χ3v) is 5.21. The van der Waals surface area contributed by atoms with Crippen molar-refractivity contribution in [3.8, 4) is 0 Å². The van der Waals surface area contributed by atoms with Gasteiger partial charge in [-0.1, -0.05) is 18.0 Å². The molecule has 1 aliphatic carbocycles. The molecule has 136 valence electrons. The van der Waals surface area contributed by atoms with Crippen LogP contribution in [-0.2, 0) is 16.8 Å². The maximum atomic E-state index is 13.6. The molecule has 0 aliphatic heterocycles. The first-order valence-electron chi connectivity index (χ1n) is 8.85. The van der Waals surface area contributed by atoms with Crippen molar-refractivity contribution >= 4 is 16.8 Å². The van der Waals surface area contributed by atoms with Crippen LogP contribution >= 0.6 is 0 Å². The molecule has 7 heteroatoms. The molecule has 2 aromatic heterocycles. The number of halogens is 1. The summed E-state index contributed by atoms with van der Waals surface area (Å²) in [6.07, 6.45) is 3.77. The summed E-state index contributed by atoms with van der Waals surface area (Å²) < 4.78 is 18.8. The lowest BCUT2D eigenvalue weighted by atomic mass is 9.95. The first-order valence-corrected chi connectivity index (χ1v) is 8.85. The fraction of sp³-hybridized carbons (Fsp3) is 0.421. The quantitative estimate of drug-likeness (QED) is 0.750. The number of hydrogen-bond donors (Lipinski definition) is 2. The van der Waals surface area contributed by atoms with Crippen LogP contribution in [-0.4, -0.2) is 21.0 Å². The molecule has 2 heterocycles. The number of aromatic amines is 1. The van der Waals surface area contributed by atoms with Crippen molar-refractivity contribution in [3.63, 3.8) is 0 Å². The van der Waals surface area contributed by atoms with Crippen LogP contribution in [0.5, 0.6) is 0 Å².